The van der Waals surface area contributed by atoms with Crippen LogP contribution in [-0.4, -0.2) is 43.2 Å². The number of halogens is 4. The minimum atomic E-state index is -4.11. The molecule has 0 saturated heterocycles. The topological polar surface area (TPSA) is 108 Å². The average molecular weight is 680 g/mol. The van der Waals surface area contributed by atoms with Crippen LogP contribution < -0.4 is 14.8 Å². The smallest absolute Gasteiger partial charge is 0.238 e. The highest BCUT2D eigenvalue weighted by molar-refractivity contribution is 14.1. The summed E-state index contributed by atoms with van der Waals surface area (Å²) < 4.78 is 62.9. The van der Waals surface area contributed by atoms with E-state index in [1.54, 1.807) is 28.7 Å². The van der Waals surface area contributed by atoms with Crippen LogP contribution in [0.1, 0.15) is 19.3 Å². The summed E-state index contributed by atoms with van der Waals surface area (Å²) in [6.45, 7) is -0.572. The number of aliphatic hydroxyl groups is 2. The van der Waals surface area contributed by atoms with Gasteiger partial charge in [-0.1, -0.05) is 0 Å². The van der Waals surface area contributed by atoms with Crippen molar-refractivity contribution in [2.45, 2.75) is 30.1 Å². The third-order valence-corrected chi connectivity index (χ3v) is 8.67. The van der Waals surface area contributed by atoms with Crippen molar-refractivity contribution in [3.8, 4) is 5.75 Å². The van der Waals surface area contributed by atoms with E-state index in [4.69, 9.17) is 9.84 Å². The highest BCUT2D eigenvalue weighted by Crippen LogP contribution is 2.50. The van der Waals surface area contributed by atoms with E-state index >= 15 is 4.39 Å². The Hall–Kier alpha value is -0.970. The van der Waals surface area contributed by atoms with Crippen LogP contribution in [0, 0.1) is 18.8 Å². The fraction of sp³-hybridized carbons (Fsp3) is 0.368. The first-order valence-electron chi connectivity index (χ1n) is 9.13. The molecule has 0 bridgehead atoms. The summed E-state index contributed by atoms with van der Waals surface area (Å²) in [4.78, 5) is 0. The lowest BCUT2D eigenvalue weighted by atomic mass is 10.2. The number of hydrogen-bond acceptors (Lipinski definition) is 6. The Morgan fingerprint density at radius 2 is 1.90 bits per heavy atom. The first kappa shape index (κ1) is 24.7. The van der Waals surface area contributed by atoms with Crippen LogP contribution in [0.5, 0.6) is 5.75 Å². The zero-order chi connectivity index (χ0) is 23.0. The largest absolute Gasteiger partial charge is 0.494 e. The SMILES string of the molecule is COc1cc(I)c(F)c(Nc2ccc(I)cc2F)c1NS(=O)(=O)C1(C[C@@H](O)CO)CC1. The van der Waals surface area contributed by atoms with Crippen molar-refractivity contribution in [1.82, 2.24) is 0 Å². The summed E-state index contributed by atoms with van der Waals surface area (Å²) in [6, 6.07) is 5.62. The van der Waals surface area contributed by atoms with Gasteiger partial charge in [-0.2, -0.15) is 0 Å². The van der Waals surface area contributed by atoms with Crippen LogP contribution in [0.2, 0.25) is 0 Å². The summed E-state index contributed by atoms with van der Waals surface area (Å²) in [7, 11) is -2.80. The van der Waals surface area contributed by atoms with Gasteiger partial charge in [-0.3, -0.25) is 4.72 Å². The zero-order valence-corrected chi connectivity index (χ0v) is 21.4. The first-order chi connectivity index (χ1) is 14.5. The van der Waals surface area contributed by atoms with Gasteiger partial charge in [0.25, 0.3) is 0 Å². The van der Waals surface area contributed by atoms with Gasteiger partial charge < -0.3 is 20.3 Å². The molecule has 12 heteroatoms. The number of sulfonamides is 1. The van der Waals surface area contributed by atoms with Gasteiger partial charge in [0.05, 0.1) is 33.8 Å². The molecule has 2 aromatic carbocycles. The van der Waals surface area contributed by atoms with E-state index < -0.39 is 39.1 Å². The maximum absolute atomic E-state index is 15.1. The van der Waals surface area contributed by atoms with Gasteiger partial charge in [0.1, 0.15) is 22.9 Å². The number of hydrogen-bond donors (Lipinski definition) is 4. The summed E-state index contributed by atoms with van der Waals surface area (Å²) >= 11 is 3.67. The van der Waals surface area contributed by atoms with E-state index in [9.17, 15) is 17.9 Å². The number of anilines is 3. The predicted molar refractivity (Wildman–Crippen MR) is 130 cm³/mol. The van der Waals surface area contributed by atoms with E-state index in [0.29, 0.717) is 3.57 Å². The number of rotatable bonds is 9. The molecule has 4 N–H and O–H groups in total. The zero-order valence-electron chi connectivity index (χ0n) is 16.3. The molecule has 2 aromatic rings. The van der Waals surface area contributed by atoms with Gasteiger partial charge in [0.15, 0.2) is 5.82 Å². The predicted octanol–water partition coefficient (Wildman–Crippen LogP) is 3.94. The maximum atomic E-state index is 15.1. The molecule has 7 nitrogen and oxygen atoms in total. The lowest BCUT2D eigenvalue weighted by molar-refractivity contribution is 0.0858. The van der Waals surface area contributed by atoms with Crippen LogP contribution in [0.4, 0.5) is 25.8 Å². The quantitative estimate of drug-likeness (QED) is 0.299. The van der Waals surface area contributed by atoms with Crippen molar-refractivity contribution >= 4 is 72.3 Å². The lowest BCUT2D eigenvalue weighted by Gasteiger charge is -2.23. The molecule has 0 aliphatic heterocycles. The van der Waals surface area contributed by atoms with E-state index in [1.165, 1.54) is 25.3 Å². The molecule has 31 heavy (non-hydrogen) atoms. The van der Waals surface area contributed by atoms with Gasteiger partial charge in [-0.05, 0) is 88.7 Å². The summed E-state index contributed by atoms with van der Waals surface area (Å²) in [5, 5.41) is 21.5. The van der Waals surface area contributed by atoms with Crippen molar-refractivity contribution in [1.29, 1.82) is 0 Å². The van der Waals surface area contributed by atoms with Crippen LogP contribution in [0.3, 0.4) is 0 Å². The van der Waals surface area contributed by atoms with E-state index in [1.807, 2.05) is 22.6 Å². The number of methoxy groups -OCH3 is 1. The molecular weight excluding hydrogens is 660 g/mol. The van der Waals surface area contributed by atoms with Crippen molar-refractivity contribution in [2.24, 2.45) is 0 Å². The second kappa shape index (κ2) is 9.49. The minimum Gasteiger partial charge on any atom is -0.494 e. The first-order valence-corrected chi connectivity index (χ1v) is 12.8. The monoisotopic (exact) mass is 680 g/mol. The third kappa shape index (κ3) is 5.17. The Labute approximate surface area is 205 Å². The van der Waals surface area contributed by atoms with Crippen molar-refractivity contribution in [3.05, 3.63) is 43.0 Å². The van der Waals surface area contributed by atoms with Gasteiger partial charge >= 0.3 is 0 Å². The Bertz CT molecular complexity index is 1100. The molecule has 3 rings (SSSR count). The molecule has 0 amide bonds. The maximum Gasteiger partial charge on any atom is 0.238 e. The lowest BCUT2D eigenvalue weighted by Crippen LogP contribution is -2.34. The Balaban J connectivity index is 2.06. The third-order valence-electron chi connectivity index (χ3n) is 5.03. The highest BCUT2D eigenvalue weighted by Gasteiger charge is 2.55. The molecule has 1 aliphatic carbocycles. The number of ether oxygens (including phenoxy) is 1. The molecule has 0 spiro atoms. The molecule has 1 atom stereocenters. The standard InChI is InChI=1S/C19H20F2I2N2O5S/c1-30-15-7-13(23)16(21)18(24-14-3-2-10(22)6-12(14)20)17(15)25-31(28,29)19(4-5-19)8-11(27)9-26/h2-3,6-7,11,24-27H,4-5,8-9H2,1H3/t11-/m1/s1. The summed E-state index contributed by atoms with van der Waals surface area (Å²) in [6.07, 6.45) is -0.804. The van der Waals surface area contributed by atoms with Crippen LogP contribution in [0.25, 0.3) is 0 Å². The van der Waals surface area contributed by atoms with Gasteiger partial charge in [-0.25, -0.2) is 17.2 Å². The molecular formula is C19H20F2I2N2O5S. The van der Waals surface area contributed by atoms with E-state index in [2.05, 4.69) is 10.0 Å². The fourth-order valence-electron chi connectivity index (χ4n) is 3.17. The summed E-state index contributed by atoms with van der Waals surface area (Å²) in [5.74, 6) is -1.37. The van der Waals surface area contributed by atoms with Crippen LogP contribution in [-0.2, 0) is 10.0 Å². The van der Waals surface area contributed by atoms with Gasteiger partial charge in [0, 0.05) is 3.57 Å². The van der Waals surface area contributed by atoms with Crippen molar-refractivity contribution in [3.63, 3.8) is 0 Å². The van der Waals surface area contributed by atoms with E-state index in [-0.39, 0.29) is 45.6 Å². The number of nitrogens with one attached hydrogen (secondary N) is 2. The Morgan fingerprint density at radius 3 is 2.45 bits per heavy atom. The highest BCUT2D eigenvalue weighted by atomic mass is 127. The van der Waals surface area contributed by atoms with Gasteiger partial charge in [0.2, 0.25) is 10.0 Å². The van der Waals surface area contributed by atoms with Crippen LogP contribution in [0.15, 0.2) is 24.3 Å². The van der Waals surface area contributed by atoms with E-state index in [0.717, 1.165) is 0 Å². The molecule has 1 fully saturated rings. The van der Waals surface area contributed by atoms with Crippen LogP contribution >= 0.6 is 45.2 Å². The van der Waals surface area contributed by atoms with Crippen molar-refractivity contribution < 1.29 is 32.1 Å². The molecule has 1 saturated carbocycles. The Kier molecular flexibility index (Phi) is 7.55. The van der Waals surface area contributed by atoms with Crippen molar-refractivity contribution in [2.75, 3.05) is 23.8 Å². The second-order valence-electron chi connectivity index (χ2n) is 7.20. The minimum absolute atomic E-state index is 0.0411. The normalized spacial score (nSPS) is 16.0. The summed E-state index contributed by atoms with van der Waals surface area (Å²) in [5.41, 5.74) is -0.533. The molecule has 1 aliphatic rings. The second-order valence-corrected chi connectivity index (χ2v) is 11.7. The molecule has 170 valence electrons. The average Bonchev–Trinajstić information content (AvgIpc) is 3.50. The Morgan fingerprint density at radius 1 is 1.23 bits per heavy atom. The number of benzene rings is 2. The molecule has 0 radical (unpaired) electrons. The number of aliphatic hydroxyl groups excluding tert-OH is 2. The molecule has 0 heterocycles. The van der Waals surface area contributed by atoms with Gasteiger partial charge in [-0.15, -0.1) is 0 Å². The fourth-order valence-corrected chi connectivity index (χ4v) is 5.91. The molecule has 0 unspecified atom stereocenters. The molecule has 0 aromatic heterocycles.